The third-order valence-electron chi connectivity index (χ3n) is 3.18. The number of halogens is 1. The first-order valence-corrected chi connectivity index (χ1v) is 7.70. The Labute approximate surface area is 122 Å². The second kappa shape index (κ2) is 8.08. The largest absolute Gasteiger partial charge is 0.482 e. The standard InChI is InChI=1S/C14H20BrN3O/c1-3-9-14(10-4-2,17-18-16)12-5-7-13(8-6-12)19-11-15/h5-8H,3-4,9-11H2,1-2H3. The normalized spacial score (nSPS) is 10.9. The fourth-order valence-electron chi connectivity index (χ4n) is 2.41. The highest BCUT2D eigenvalue weighted by Gasteiger charge is 2.29. The minimum Gasteiger partial charge on any atom is -0.482 e. The zero-order valence-electron chi connectivity index (χ0n) is 11.5. The summed E-state index contributed by atoms with van der Waals surface area (Å²) >= 11 is 3.23. The fraction of sp³-hybridized carbons (Fsp3) is 0.571. The number of hydrogen-bond donors (Lipinski definition) is 0. The molecule has 5 heteroatoms. The van der Waals surface area contributed by atoms with Crippen molar-refractivity contribution >= 4 is 15.9 Å². The molecule has 0 aliphatic heterocycles. The van der Waals surface area contributed by atoms with Crippen LogP contribution in [-0.2, 0) is 5.54 Å². The predicted molar refractivity (Wildman–Crippen MR) is 81.5 cm³/mol. The highest BCUT2D eigenvalue weighted by Crippen LogP contribution is 2.36. The van der Waals surface area contributed by atoms with E-state index in [0.29, 0.717) is 5.52 Å². The van der Waals surface area contributed by atoms with Crippen LogP contribution in [0.2, 0.25) is 0 Å². The molecule has 0 spiro atoms. The Hall–Kier alpha value is -1.19. The molecule has 4 nitrogen and oxygen atoms in total. The van der Waals surface area contributed by atoms with Gasteiger partial charge in [0.1, 0.15) is 11.3 Å². The number of benzene rings is 1. The van der Waals surface area contributed by atoms with E-state index in [9.17, 15) is 0 Å². The summed E-state index contributed by atoms with van der Waals surface area (Å²) in [5.41, 5.74) is 9.99. The molecule has 0 unspecified atom stereocenters. The molecule has 0 amide bonds. The number of ether oxygens (including phenoxy) is 1. The van der Waals surface area contributed by atoms with Crippen molar-refractivity contribution in [3.05, 3.63) is 40.3 Å². The summed E-state index contributed by atoms with van der Waals surface area (Å²) in [6.45, 7) is 4.22. The Bertz CT molecular complexity index is 421. The molecule has 0 saturated carbocycles. The third-order valence-corrected chi connectivity index (χ3v) is 3.41. The second-order valence-corrected chi connectivity index (χ2v) is 4.96. The van der Waals surface area contributed by atoms with E-state index in [2.05, 4.69) is 39.8 Å². The minimum absolute atomic E-state index is 0.425. The summed E-state index contributed by atoms with van der Waals surface area (Å²) in [5.74, 6) is 0.809. The Morgan fingerprint density at radius 2 is 1.79 bits per heavy atom. The molecular formula is C14H20BrN3O. The van der Waals surface area contributed by atoms with Crippen LogP contribution >= 0.6 is 15.9 Å². The Morgan fingerprint density at radius 1 is 1.21 bits per heavy atom. The van der Waals surface area contributed by atoms with Crippen molar-refractivity contribution in [1.29, 1.82) is 0 Å². The maximum Gasteiger partial charge on any atom is 0.143 e. The molecule has 0 radical (unpaired) electrons. The van der Waals surface area contributed by atoms with Gasteiger partial charge in [0, 0.05) is 4.91 Å². The van der Waals surface area contributed by atoms with Crippen LogP contribution in [0.4, 0.5) is 0 Å². The summed E-state index contributed by atoms with van der Waals surface area (Å²) in [5, 5.41) is 4.11. The molecule has 0 bridgehead atoms. The van der Waals surface area contributed by atoms with E-state index in [0.717, 1.165) is 37.0 Å². The maximum absolute atomic E-state index is 8.88. The molecule has 0 aliphatic rings. The van der Waals surface area contributed by atoms with Crippen molar-refractivity contribution < 1.29 is 4.74 Å². The first-order valence-electron chi connectivity index (χ1n) is 6.58. The molecule has 104 valence electrons. The van der Waals surface area contributed by atoms with E-state index in [1.165, 1.54) is 0 Å². The van der Waals surface area contributed by atoms with Crippen LogP contribution in [0.25, 0.3) is 10.4 Å². The average Bonchev–Trinajstić information content (AvgIpc) is 2.41. The lowest BCUT2D eigenvalue weighted by molar-refractivity contribution is 0.366. The predicted octanol–water partition coefficient (Wildman–Crippen LogP) is 5.52. The number of nitrogens with zero attached hydrogens (tertiary/aromatic N) is 3. The Kier molecular flexibility index (Phi) is 6.74. The molecule has 0 heterocycles. The van der Waals surface area contributed by atoms with Crippen LogP contribution in [0.15, 0.2) is 29.4 Å². The molecule has 1 aromatic rings. The van der Waals surface area contributed by atoms with Crippen LogP contribution in [0.3, 0.4) is 0 Å². The van der Waals surface area contributed by atoms with Gasteiger partial charge in [-0.3, -0.25) is 0 Å². The summed E-state index contributed by atoms with van der Waals surface area (Å²) in [6, 6.07) is 7.84. The third kappa shape index (κ3) is 4.15. The van der Waals surface area contributed by atoms with Crippen molar-refractivity contribution in [2.45, 2.75) is 45.1 Å². The van der Waals surface area contributed by atoms with Gasteiger partial charge in [-0.1, -0.05) is 43.9 Å². The molecule has 0 aliphatic carbocycles. The van der Waals surface area contributed by atoms with Gasteiger partial charge in [-0.2, -0.15) is 0 Å². The number of alkyl halides is 1. The molecule has 0 aromatic heterocycles. The van der Waals surface area contributed by atoms with Gasteiger partial charge >= 0.3 is 0 Å². The topological polar surface area (TPSA) is 58.0 Å². The van der Waals surface area contributed by atoms with Crippen molar-refractivity contribution in [3.8, 4) is 5.75 Å². The highest BCUT2D eigenvalue weighted by molar-refractivity contribution is 9.09. The lowest BCUT2D eigenvalue weighted by atomic mass is 9.82. The maximum atomic E-state index is 8.88. The van der Waals surface area contributed by atoms with Gasteiger partial charge in [0.15, 0.2) is 0 Å². The van der Waals surface area contributed by atoms with Crippen LogP contribution in [0.5, 0.6) is 5.75 Å². The van der Waals surface area contributed by atoms with Crippen LogP contribution in [0, 0.1) is 0 Å². The molecule has 0 saturated heterocycles. The SMILES string of the molecule is CCCC(CCC)(N=[N+]=[N-])c1ccc(OCBr)cc1. The number of azide groups is 1. The van der Waals surface area contributed by atoms with E-state index >= 15 is 0 Å². The Balaban J connectivity index is 3.11. The van der Waals surface area contributed by atoms with Gasteiger partial charge in [-0.25, -0.2) is 0 Å². The van der Waals surface area contributed by atoms with Crippen LogP contribution in [0.1, 0.15) is 45.1 Å². The molecule has 0 atom stereocenters. The first-order chi connectivity index (χ1) is 9.22. The van der Waals surface area contributed by atoms with E-state index in [-0.39, 0.29) is 0 Å². The molecule has 1 rings (SSSR count). The summed E-state index contributed by atoms with van der Waals surface area (Å²) in [6.07, 6.45) is 3.70. The lowest BCUT2D eigenvalue weighted by Crippen LogP contribution is -2.22. The lowest BCUT2D eigenvalue weighted by Gasteiger charge is -2.29. The fourth-order valence-corrected chi connectivity index (χ4v) is 2.67. The van der Waals surface area contributed by atoms with Gasteiger partial charge in [0.05, 0.1) is 5.54 Å². The van der Waals surface area contributed by atoms with Crippen molar-refractivity contribution in [1.82, 2.24) is 0 Å². The molecular weight excluding hydrogens is 306 g/mol. The van der Waals surface area contributed by atoms with Gasteiger partial charge < -0.3 is 4.74 Å². The van der Waals surface area contributed by atoms with E-state index in [4.69, 9.17) is 10.3 Å². The Morgan fingerprint density at radius 3 is 2.21 bits per heavy atom. The minimum atomic E-state index is -0.425. The molecule has 1 aromatic carbocycles. The van der Waals surface area contributed by atoms with Gasteiger partial charge in [-0.05, 0) is 52.0 Å². The molecule has 19 heavy (non-hydrogen) atoms. The molecule has 0 N–H and O–H groups in total. The number of hydrogen-bond acceptors (Lipinski definition) is 2. The zero-order valence-corrected chi connectivity index (χ0v) is 13.1. The average molecular weight is 326 g/mol. The van der Waals surface area contributed by atoms with Gasteiger partial charge in [0.25, 0.3) is 0 Å². The second-order valence-electron chi connectivity index (χ2n) is 4.50. The van der Waals surface area contributed by atoms with Gasteiger partial charge in [0.2, 0.25) is 0 Å². The first kappa shape index (κ1) is 15.9. The monoisotopic (exact) mass is 325 g/mol. The summed E-state index contributed by atoms with van der Waals surface area (Å²) < 4.78 is 5.37. The smallest absolute Gasteiger partial charge is 0.143 e. The highest BCUT2D eigenvalue weighted by atomic mass is 79.9. The van der Waals surface area contributed by atoms with Crippen molar-refractivity contribution in [2.75, 3.05) is 5.52 Å². The van der Waals surface area contributed by atoms with Gasteiger partial charge in [-0.15, -0.1) is 0 Å². The summed E-state index contributed by atoms with van der Waals surface area (Å²) in [4.78, 5) is 3.07. The van der Waals surface area contributed by atoms with Crippen LogP contribution in [-0.4, -0.2) is 5.52 Å². The van der Waals surface area contributed by atoms with Crippen molar-refractivity contribution in [3.63, 3.8) is 0 Å². The quantitative estimate of drug-likeness (QED) is 0.268. The van der Waals surface area contributed by atoms with E-state index in [1.54, 1.807) is 0 Å². The number of rotatable bonds is 8. The zero-order chi connectivity index (χ0) is 14.1. The van der Waals surface area contributed by atoms with E-state index in [1.807, 2.05) is 24.3 Å². The summed E-state index contributed by atoms with van der Waals surface area (Å²) in [7, 11) is 0. The van der Waals surface area contributed by atoms with Crippen LogP contribution < -0.4 is 4.74 Å². The molecule has 0 fully saturated rings. The van der Waals surface area contributed by atoms with Crippen molar-refractivity contribution in [2.24, 2.45) is 5.11 Å². The van der Waals surface area contributed by atoms with E-state index < -0.39 is 5.54 Å².